The van der Waals surface area contributed by atoms with Crippen molar-refractivity contribution in [3.8, 4) is 0 Å². The van der Waals surface area contributed by atoms with Crippen LogP contribution in [0.15, 0.2) is 40.9 Å². The van der Waals surface area contributed by atoms with Crippen molar-refractivity contribution in [3.63, 3.8) is 0 Å². The van der Waals surface area contributed by atoms with Gasteiger partial charge < -0.3 is 10.6 Å². The highest BCUT2D eigenvalue weighted by Crippen LogP contribution is 2.26. The second-order valence-corrected chi connectivity index (χ2v) is 5.60. The molecule has 5 heteroatoms. The van der Waals surface area contributed by atoms with Gasteiger partial charge in [0.15, 0.2) is 0 Å². The van der Waals surface area contributed by atoms with Crippen LogP contribution in [-0.4, -0.2) is 13.0 Å². The highest BCUT2D eigenvalue weighted by molar-refractivity contribution is 9.10. The van der Waals surface area contributed by atoms with E-state index in [1.54, 1.807) is 25.2 Å². The molecule has 2 aromatic carbocycles. The molecule has 2 rings (SSSR count). The highest BCUT2D eigenvalue weighted by Gasteiger charge is 2.13. The molecule has 0 saturated heterocycles. The number of carbonyl (C=O) groups excluding carboxylic acids is 1. The number of carbonyl (C=O) groups is 1. The van der Waals surface area contributed by atoms with Gasteiger partial charge in [-0.25, -0.2) is 0 Å². The van der Waals surface area contributed by atoms with E-state index in [2.05, 4.69) is 26.6 Å². The predicted octanol–water partition coefficient (Wildman–Crippen LogP) is 4.70. The van der Waals surface area contributed by atoms with Crippen molar-refractivity contribution in [2.75, 3.05) is 17.7 Å². The van der Waals surface area contributed by atoms with E-state index in [-0.39, 0.29) is 5.91 Å². The van der Waals surface area contributed by atoms with Crippen LogP contribution in [0, 0.1) is 6.92 Å². The molecule has 0 spiro atoms. The van der Waals surface area contributed by atoms with E-state index >= 15 is 0 Å². The second kappa shape index (κ2) is 6.29. The first kappa shape index (κ1) is 14.9. The number of anilines is 2. The first-order valence-electron chi connectivity index (χ1n) is 6.06. The summed E-state index contributed by atoms with van der Waals surface area (Å²) in [6, 6.07) is 10.9. The highest BCUT2D eigenvalue weighted by atomic mass is 79.9. The Labute approximate surface area is 131 Å². The van der Waals surface area contributed by atoms with Gasteiger partial charge in [0.2, 0.25) is 0 Å². The van der Waals surface area contributed by atoms with E-state index in [4.69, 9.17) is 11.6 Å². The van der Waals surface area contributed by atoms with Gasteiger partial charge in [0.25, 0.3) is 5.91 Å². The number of hydrogen-bond donors (Lipinski definition) is 2. The molecule has 0 aliphatic rings. The maximum atomic E-state index is 12.4. The summed E-state index contributed by atoms with van der Waals surface area (Å²) in [5.74, 6) is -0.196. The van der Waals surface area contributed by atoms with Crippen LogP contribution >= 0.6 is 27.5 Å². The third-order valence-electron chi connectivity index (χ3n) is 3.01. The van der Waals surface area contributed by atoms with E-state index in [9.17, 15) is 4.79 Å². The smallest absolute Gasteiger partial charge is 0.257 e. The van der Waals surface area contributed by atoms with Crippen LogP contribution in [-0.2, 0) is 0 Å². The van der Waals surface area contributed by atoms with Gasteiger partial charge in [-0.2, -0.15) is 0 Å². The Morgan fingerprint density at radius 2 is 1.95 bits per heavy atom. The summed E-state index contributed by atoms with van der Waals surface area (Å²) in [7, 11) is 1.77. The molecule has 104 valence electrons. The van der Waals surface area contributed by atoms with Crippen LogP contribution in [0.4, 0.5) is 11.4 Å². The van der Waals surface area contributed by atoms with Crippen molar-refractivity contribution in [1.29, 1.82) is 0 Å². The zero-order chi connectivity index (χ0) is 14.7. The summed E-state index contributed by atoms with van der Waals surface area (Å²) < 4.78 is 0.954. The van der Waals surface area contributed by atoms with E-state index in [1.165, 1.54) is 0 Å². The lowest BCUT2D eigenvalue weighted by Crippen LogP contribution is -2.14. The zero-order valence-electron chi connectivity index (χ0n) is 11.1. The fourth-order valence-corrected chi connectivity index (χ4v) is 2.39. The Hall–Kier alpha value is -1.52. The number of nitrogens with one attached hydrogen (secondary N) is 2. The van der Waals surface area contributed by atoms with Gasteiger partial charge in [-0.15, -0.1) is 0 Å². The largest absolute Gasteiger partial charge is 0.387 e. The van der Waals surface area contributed by atoms with Gasteiger partial charge in [-0.3, -0.25) is 4.79 Å². The Kier molecular flexibility index (Phi) is 4.68. The lowest BCUT2D eigenvalue weighted by atomic mass is 10.1. The van der Waals surface area contributed by atoms with Crippen LogP contribution < -0.4 is 10.6 Å². The molecular formula is C15H14BrClN2O. The molecule has 0 aromatic heterocycles. The average molecular weight is 354 g/mol. The van der Waals surface area contributed by atoms with Crippen LogP contribution in [0.2, 0.25) is 5.02 Å². The zero-order valence-corrected chi connectivity index (χ0v) is 13.5. The third-order valence-corrected chi connectivity index (χ3v) is 4.11. The molecule has 0 fully saturated rings. The first-order valence-corrected chi connectivity index (χ1v) is 7.24. The molecule has 2 N–H and O–H groups in total. The lowest BCUT2D eigenvalue weighted by molar-refractivity contribution is 0.102. The molecule has 0 saturated carbocycles. The van der Waals surface area contributed by atoms with Gasteiger partial charge in [0.1, 0.15) is 0 Å². The quantitative estimate of drug-likeness (QED) is 0.839. The number of halogens is 2. The van der Waals surface area contributed by atoms with Crippen LogP contribution in [0.1, 0.15) is 15.9 Å². The topological polar surface area (TPSA) is 41.1 Å². The molecule has 0 heterocycles. The maximum absolute atomic E-state index is 12.4. The molecule has 0 radical (unpaired) electrons. The third kappa shape index (κ3) is 3.14. The maximum Gasteiger partial charge on any atom is 0.257 e. The van der Waals surface area contributed by atoms with E-state index < -0.39 is 0 Å². The Morgan fingerprint density at radius 1 is 1.20 bits per heavy atom. The Bertz CT molecular complexity index is 658. The summed E-state index contributed by atoms with van der Waals surface area (Å²) in [6.45, 7) is 1.94. The Balaban J connectivity index is 2.33. The van der Waals surface area contributed by atoms with Gasteiger partial charge >= 0.3 is 0 Å². The molecule has 0 unspecified atom stereocenters. The van der Waals surface area contributed by atoms with Crippen molar-refractivity contribution in [2.24, 2.45) is 0 Å². The summed E-state index contributed by atoms with van der Waals surface area (Å²) in [5, 5.41) is 6.42. The normalized spacial score (nSPS) is 10.2. The molecule has 1 amide bonds. The Morgan fingerprint density at radius 3 is 2.65 bits per heavy atom. The van der Waals surface area contributed by atoms with Crippen molar-refractivity contribution in [1.82, 2.24) is 0 Å². The first-order chi connectivity index (χ1) is 9.52. The molecule has 3 nitrogen and oxygen atoms in total. The van der Waals surface area contributed by atoms with Gasteiger partial charge in [0, 0.05) is 27.9 Å². The van der Waals surface area contributed by atoms with E-state index in [0.717, 1.165) is 21.4 Å². The minimum atomic E-state index is -0.196. The van der Waals surface area contributed by atoms with Crippen molar-refractivity contribution >= 4 is 44.8 Å². The summed E-state index contributed by atoms with van der Waals surface area (Å²) in [6.07, 6.45) is 0. The van der Waals surface area contributed by atoms with Gasteiger partial charge in [0.05, 0.1) is 5.56 Å². The minimum absolute atomic E-state index is 0.196. The molecule has 0 atom stereocenters. The van der Waals surface area contributed by atoms with Crippen molar-refractivity contribution in [3.05, 3.63) is 57.0 Å². The molecule has 0 aliphatic carbocycles. The van der Waals surface area contributed by atoms with E-state index in [0.29, 0.717) is 10.6 Å². The molecule has 2 aromatic rings. The van der Waals surface area contributed by atoms with Crippen LogP contribution in [0.25, 0.3) is 0 Å². The van der Waals surface area contributed by atoms with Crippen LogP contribution in [0.5, 0.6) is 0 Å². The van der Waals surface area contributed by atoms with Gasteiger partial charge in [-0.05, 0) is 42.8 Å². The molecule has 0 bridgehead atoms. The number of hydrogen-bond acceptors (Lipinski definition) is 2. The van der Waals surface area contributed by atoms with E-state index in [1.807, 2.05) is 25.1 Å². The SMILES string of the molecule is CNc1ccc(Cl)cc1C(=O)Nc1cccc(Br)c1C. The summed E-state index contributed by atoms with van der Waals surface area (Å²) in [5.41, 5.74) is 3.00. The second-order valence-electron chi connectivity index (χ2n) is 4.31. The predicted molar refractivity (Wildman–Crippen MR) is 87.8 cm³/mol. The fraction of sp³-hybridized carbons (Fsp3) is 0.133. The van der Waals surface area contributed by atoms with Gasteiger partial charge in [-0.1, -0.05) is 33.6 Å². The number of amides is 1. The standard InChI is InChI=1S/C15H14BrClN2O/c1-9-12(16)4-3-5-13(9)19-15(20)11-8-10(17)6-7-14(11)18-2/h3-8,18H,1-2H3,(H,19,20). The average Bonchev–Trinajstić information content (AvgIpc) is 2.43. The van der Waals surface area contributed by atoms with Crippen molar-refractivity contribution in [2.45, 2.75) is 6.92 Å². The molecule has 0 aliphatic heterocycles. The van der Waals surface area contributed by atoms with Crippen molar-refractivity contribution < 1.29 is 4.79 Å². The summed E-state index contributed by atoms with van der Waals surface area (Å²) in [4.78, 5) is 12.4. The lowest BCUT2D eigenvalue weighted by Gasteiger charge is -2.12. The monoisotopic (exact) mass is 352 g/mol. The molecular weight excluding hydrogens is 340 g/mol. The van der Waals surface area contributed by atoms with Crippen LogP contribution in [0.3, 0.4) is 0 Å². The summed E-state index contributed by atoms with van der Waals surface area (Å²) >= 11 is 9.41. The minimum Gasteiger partial charge on any atom is -0.387 e. The molecule has 20 heavy (non-hydrogen) atoms. The number of rotatable bonds is 3. The fourth-order valence-electron chi connectivity index (χ4n) is 1.85. The number of benzene rings is 2.